The number of benzene rings is 3. The van der Waals surface area contributed by atoms with Crippen LogP contribution in [0.25, 0.3) is 11.0 Å². The number of hydrogen-bond donors (Lipinski definition) is 0. The molecule has 0 radical (unpaired) electrons. The van der Waals surface area contributed by atoms with Crippen LogP contribution in [0.1, 0.15) is 52.2 Å². The lowest BCUT2D eigenvalue weighted by Gasteiger charge is -2.25. The monoisotopic (exact) mass is 517 g/mol. The van der Waals surface area contributed by atoms with Gasteiger partial charge in [-0.15, -0.1) is 0 Å². The van der Waals surface area contributed by atoms with Crippen molar-refractivity contribution in [2.75, 3.05) is 20.3 Å². The Kier molecular flexibility index (Phi) is 6.94. The summed E-state index contributed by atoms with van der Waals surface area (Å²) in [6.45, 7) is 4.91. The minimum Gasteiger partial charge on any atom is -0.497 e. The largest absolute Gasteiger partial charge is 0.497 e. The fourth-order valence-corrected chi connectivity index (χ4v) is 4.89. The second kappa shape index (κ2) is 10.3. The van der Waals surface area contributed by atoms with Crippen LogP contribution in [-0.2, 0) is 6.42 Å². The molecule has 1 amide bonds. The lowest BCUT2D eigenvalue weighted by Crippen LogP contribution is -2.31. The fraction of sp³-hybridized carbons (Fsp3) is 0.267. The average molecular weight is 518 g/mol. The van der Waals surface area contributed by atoms with Crippen LogP contribution < -0.4 is 14.9 Å². The van der Waals surface area contributed by atoms with Crippen LogP contribution in [0.4, 0.5) is 0 Å². The molecule has 190 valence electrons. The second-order valence-corrected chi connectivity index (χ2v) is 9.60. The molecule has 37 heavy (non-hydrogen) atoms. The van der Waals surface area contributed by atoms with E-state index in [-0.39, 0.29) is 17.1 Å². The molecule has 0 fully saturated rings. The summed E-state index contributed by atoms with van der Waals surface area (Å²) < 4.78 is 17.1. The number of nitrogens with zero attached hydrogens (tertiary/aromatic N) is 1. The molecule has 1 aliphatic heterocycles. The van der Waals surface area contributed by atoms with Gasteiger partial charge in [-0.25, -0.2) is 0 Å². The van der Waals surface area contributed by atoms with Crippen LogP contribution in [0.2, 0.25) is 5.02 Å². The number of aryl methyl sites for hydroxylation is 1. The SMILES string of the molecule is CCCOc1ccc(C2c3c(oc4cc(C)c(Cl)cc4c3=O)C(=O)N2CCc2ccc(OC)cc2)cc1. The number of ether oxygens (including phenoxy) is 2. The van der Waals surface area contributed by atoms with Crippen LogP contribution in [-0.4, -0.2) is 31.1 Å². The van der Waals surface area contributed by atoms with Gasteiger partial charge in [-0.2, -0.15) is 0 Å². The highest BCUT2D eigenvalue weighted by Crippen LogP contribution is 2.39. The zero-order chi connectivity index (χ0) is 26.1. The van der Waals surface area contributed by atoms with Crippen LogP contribution in [0.15, 0.2) is 69.9 Å². The molecule has 1 aromatic heterocycles. The maximum atomic E-state index is 13.8. The van der Waals surface area contributed by atoms with E-state index in [9.17, 15) is 9.59 Å². The Morgan fingerprint density at radius 3 is 2.38 bits per heavy atom. The quantitative estimate of drug-likeness (QED) is 0.273. The van der Waals surface area contributed by atoms with Gasteiger partial charge in [-0.3, -0.25) is 9.59 Å². The highest BCUT2D eigenvalue weighted by molar-refractivity contribution is 6.32. The summed E-state index contributed by atoms with van der Waals surface area (Å²) in [4.78, 5) is 29.2. The van der Waals surface area contributed by atoms with Gasteiger partial charge in [0.2, 0.25) is 5.76 Å². The predicted molar refractivity (Wildman–Crippen MR) is 144 cm³/mol. The maximum absolute atomic E-state index is 13.8. The minimum absolute atomic E-state index is 0.0882. The van der Waals surface area contributed by atoms with Gasteiger partial charge in [0.25, 0.3) is 5.91 Å². The Bertz CT molecular complexity index is 1510. The van der Waals surface area contributed by atoms with Crippen molar-refractivity contribution >= 4 is 28.5 Å². The first-order chi connectivity index (χ1) is 17.9. The molecule has 2 heterocycles. The number of rotatable bonds is 8. The number of carbonyl (C=O) groups excluding carboxylic acids is 1. The average Bonchev–Trinajstić information content (AvgIpc) is 3.19. The van der Waals surface area contributed by atoms with E-state index in [1.165, 1.54) is 0 Å². The number of carbonyl (C=O) groups is 1. The Balaban J connectivity index is 1.58. The third-order valence-electron chi connectivity index (χ3n) is 6.72. The molecule has 0 spiro atoms. The van der Waals surface area contributed by atoms with Gasteiger partial charge < -0.3 is 18.8 Å². The lowest BCUT2D eigenvalue weighted by molar-refractivity contribution is 0.0730. The molecular formula is C30H28ClNO5. The third kappa shape index (κ3) is 4.69. The van der Waals surface area contributed by atoms with E-state index in [1.54, 1.807) is 24.1 Å². The van der Waals surface area contributed by atoms with E-state index in [4.69, 9.17) is 25.5 Å². The summed E-state index contributed by atoms with van der Waals surface area (Å²) in [5.74, 6) is 1.30. The van der Waals surface area contributed by atoms with E-state index < -0.39 is 6.04 Å². The Labute approximate surface area is 220 Å². The fourth-order valence-electron chi connectivity index (χ4n) is 4.73. The Morgan fingerprint density at radius 2 is 1.70 bits per heavy atom. The van der Waals surface area contributed by atoms with Crippen LogP contribution in [0, 0.1) is 6.92 Å². The normalized spacial score (nSPS) is 14.8. The van der Waals surface area contributed by atoms with E-state index in [1.807, 2.05) is 62.4 Å². The maximum Gasteiger partial charge on any atom is 0.290 e. The molecule has 1 aliphatic rings. The number of halogens is 1. The Hall–Kier alpha value is -3.77. The molecule has 1 atom stereocenters. The standard InChI is InChI=1S/C30H28ClNO5/c1-4-15-36-22-11-7-20(8-12-22)27-26-28(33)23-17-24(31)18(2)16-25(23)37-29(26)30(34)32(27)14-13-19-5-9-21(35-3)10-6-19/h5-12,16-17,27H,4,13-15H2,1-3H3. The smallest absolute Gasteiger partial charge is 0.290 e. The first-order valence-electron chi connectivity index (χ1n) is 12.3. The molecular weight excluding hydrogens is 490 g/mol. The van der Waals surface area contributed by atoms with Crippen LogP contribution >= 0.6 is 11.6 Å². The minimum atomic E-state index is -0.582. The van der Waals surface area contributed by atoms with Gasteiger partial charge in [-0.05, 0) is 72.9 Å². The van der Waals surface area contributed by atoms with Gasteiger partial charge in [0, 0.05) is 11.6 Å². The molecule has 0 bridgehead atoms. The van der Waals surface area contributed by atoms with Gasteiger partial charge in [0.1, 0.15) is 17.1 Å². The van der Waals surface area contributed by atoms with E-state index in [0.29, 0.717) is 41.1 Å². The first kappa shape index (κ1) is 24.9. The highest BCUT2D eigenvalue weighted by Gasteiger charge is 2.42. The van der Waals surface area contributed by atoms with Gasteiger partial charge in [0.15, 0.2) is 5.43 Å². The molecule has 0 saturated carbocycles. The predicted octanol–water partition coefficient (Wildman–Crippen LogP) is 6.34. The van der Waals surface area contributed by atoms with E-state index >= 15 is 0 Å². The van der Waals surface area contributed by atoms with Crippen molar-refractivity contribution in [3.8, 4) is 11.5 Å². The molecule has 0 saturated heterocycles. The molecule has 0 N–H and O–H groups in total. The number of amides is 1. The first-order valence-corrected chi connectivity index (χ1v) is 12.7. The number of methoxy groups -OCH3 is 1. The van der Waals surface area contributed by atoms with Crippen molar-refractivity contribution in [2.24, 2.45) is 0 Å². The zero-order valence-corrected chi connectivity index (χ0v) is 21.8. The van der Waals surface area contributed by atoms with Crippen molar-refractivity contribution in [1.82, 2.24) is 4.90 Å². The van der Waals surface area contributed by atoms with Gasteiger partial charge >= 0.3 is 0 Å². The van der Waals surface area contributed by atoms with Crippen LogP contribution in [0.5, 0.6) is 11.5 Å². The molecule has 4 aromatic rings. The van der Waals surface area contributed by atoms with Gasteiger partial charge in [0.05, 0.1) is 30.7 Å². The molecule has 0 aliphatic carbocycles. The van der Waals surface area contributed by atoms with E-state index in [2.05, 4.69) is 0 Å². The lowest BCUT2D eigenvalue weighted by atomic mass is 9.98. The molecule has 1 unspecified atom stereocenters. The summed E-state index contributed by atoms with van der Waals surface area (Å²) in [5, 5.41) is 0.849. The summed E-state index contributed by atoms with van der Waals surface area (Å²) in [6.07, 6.45) is 1.51. The Morgan fingerprint density at radius 1 is 1.00 bits per heavy atom. The van der Waals surface area contributed by atoms with Crippen LogP contribution in [0.3, 0.4) is 0 Å². The molecule has 5 rings (SSSR count). The molecule has 6 nitrogen and oxygen atoms in total. The summed E-state index contributed by atoms with van der Waals surface area (Å²) in [6, 6.07) is 18.1. The topological polar surface area (TPSA) is 69.0 Å². The van der Waals surface area contributed by atoms with Crippen molar-refractivity contribution in [3.05, 3.63) is 104 Å². The highest BCUT2D eigenvalue weighted by atomic mass is 35.5. The molecule has 3 aromatic carbocycles. The van der Waals surface area contributed by atoms with Crippen molar-refractivity contribution in [1.29, 1.82) is 0 Å². The summed E-state index contributed by atoms with van der Waals surface area (Å²) in [5.41, 5.74) is 3.11. The number of hydrogen-bond acceptors (Lipinski definition) is 5. The number of fused-ring (bicyclic) bond motifs is 2. The van der Waals surface area contributed by atoms with Crippen molar-refractivity contribution < 1.29 is 18.7 Å². The van der Waals surface area contributed by atoms with Crippen molar-refractivity contribution in [3.63, 3.8) is 0 Å². The van der Waals surface area contributed by atoms with E-state index in [0.717, 1.165) is 34.6 Å². The zero-order valence-electron chi connectivity index (χ0n) is 21.0. The summed E-state index contributed by atoms with van der Waals surface area (Å²) >= 11 is 6.34. The summed E-state index contributed by atoms with van der Waals surface area (Å²) in [7, 11) is 1.63. The second-order valence-electron chi connectivity index (χ2n) is 9.19. The third-order valence-corrected chi connectivity index (χ3v) is 7.12. The molecule has 7 heteroatoms. The van der Waals surface area contributed by atoms with Crippen molar-refractivity contribution in [2.45, 2.75) is 32.7 Å². The van der Waals surface area contributed by atoms with Gasteiger partial charge in [-0.1, -0.05) is 42.8 Å².